The van der Waals surface area contributed by atoms with Gasteiger partial charge in [-0.25, -0.2) is 4.98 Å². The molecule has 0 aliphatic rings. The summed E-state index contributed by atoms with van der Waals surface area (Å²) >= 11 is 2.98. The number of thioether (sulfide) groups is 1. The molecule has 1 atom stereocenters. The average Bonchev–Trinajstić information content (AvgIpc) is 3.22. The second kappa shape index (κ2) is 8.87. The molecule has 4 aromatic rings. The molecule has 0 saturated carbocycles. The van der Waals surface area contributed by atoms with Crippen LogP contribution >= 0.6 is 23.1 Å². The van der Waals surface area contributed by atoms with Gasteiger partial charge in [0.15, 0.2) is 5.13 Å². The maximum absolute atomic E-state index is 13.1. The summed E-state index contributed by atoms with van der Waals surface area (Å²) in [6, 6.07) is 29.8. The van der Waals surface area contributed by atoms with Crippen molar-refractivity contribution in [3.8, 4) is 11.3 Å². The third kappa shape index (κ3) is 4.50. The van der Waals surface area contributed by atoms with Crippen LogP contribution in [-0.4, -0.2) is 10.9 Å². The zero-order chi connectivity index (χ0) is 19.2. The Labute approximate surface area is 172 Å². The number of nitrogens with one attached hydrogen (secondary N) is 1. The Bertz CT molecular complexity index is 1030. The second-order valence-electron chi connectivity index (χ2n) is 6.11. The molecule has 3 aromatic carbocycles. The molecule has 1 amide bonds. The van der Waals surface area contributed by atoms with E-state index in [-0.39, 0.29) is 11.2 Å². The van der Waals surface area contributed by atoms with Crippen LogP contribution in [0.1, 0.15) is 10.8 Å². The van der Waals surface area contributed by atoms with Gasteiger partial charge in [0.2, 0.25) is 5.91 Å². The van der Waals surface area contributed by atoms with Crippen LogP contribution < -0.4 is 5.32 Å². The van der Waals surface area contributed by atoms with Gasteiger partial charge in [-0.1, -0.05) is 78.9 Å². The van der Waals surface area contributed by atoms with Crippen molar-refractivity contribution in [1.82, 2.24) is 4.98 Å². The van der Waals surface area contributed by atoms with Crippen LogP contribution in [0.4, 0.5) is 5.13 Å². The highest BCUT2D eigenvalue weighted by Gasteiger charge is 2.23. The zero-order valence-electron chi connectivity index (χ0n) is 15.0. The van der Waals surface area contributed by atoms with Crippen LogP contribution in [0.5, 0.6) is 0 Å². The number of thiazole rings is 1. The summed E-state index contributed by atoms with van der Waals surface area (Å²) in [4.78, 5) is 18.7. The van der Waals surface area contributed by atoms with Gasteiger partial charge in [-0.15, -0.1) is 23.1 Å². The van der Waals surface area contributed by atoms with E-state index in [2.05, 4.69) is 10.3 Å². The van der Waals surface area contributed by atoms with E-state index in [0.717, 1.165) is 21.7 Å². The van der Waals surface area contributed by atoms with Crippen molar-refractivity contribution < 1.29 is 4.79 Å². The Morgan fingerprint density at radius 2 is 1.46 bits per heavy atom. The van der Waals surface area contributed by atoms with E-state index in [1.165, 1.54) is 23.1 Å². The van der Waals surface area contributed by atoms with Gasteiger partial charge >= 0.3 is 0 Å². The van der Waals surface area contributed by atoms with Crippen LogP contribution in [0.15, 0.2) is 101 Å². The maximum Gasteiger partial charge on any atom is 0.244 e. The molecule has 5 heteroatoms. The zero-order valence-corrected chi connectivity index (χ0v) is 16.6. The number of rotatable bonds is 6. The molecular formula is C23H18N2OS2. The smallest absolute Gasteiger partial charge is 0.244 e. The van der Waals surface area contributed by atoms with Crippen molar-refractivity contribution in [1.29, 1.82) is 0 Å². The normalized spacial score (nSPS) is 11.7. The number of carbonyl (C=O) groups is 1. The maximum atomic E-state index is 13.1. The lowest BCUT2D eigenvalue weighted by atomic mass is 10.1. The Kier molecular flexibility index (Phi) is 5.85. The van der Waals surface area contributed by atoms with E-state index in [0.29, 0.717) is 5.13 Å². The monoisotopic (exact) mass is 402 g/mol. The Hall–Kier alpha value is -2.89. The van der Waals surface area contributed by atoms with Gasteiger partial charge in [-0.3, -0.25) is 4.79 Å². The predicted octanol–water partition coefficient (Wildman–Crippen LogP) is 6.28. The largest absolute Gasteiger partial charge is 0.301 e. The Balaban J connectivity index is 1.55. The van der Waals surface area contributed by atoms with Crippen LogP contribution in [-0.2, 0) is 4.79 Å². The Morgan fingerprint density at radius 3 is 2.14 bits per heavy atom. The fraction of sp³-hybridized carbons (Fsp3) is 0.0435. The van der Waals surface area contributed by atoms with Gasteiger partial charge in [-0.05, 0) is 17.7 Å². The number of hydrogen-bond donors (Lipinski definition) is 1. The van der Waals surface area contributed by atoms with Crippen LogP contribution in [0, 0.1) is 0 Å². The number of hydrogen-bond acceptors (Lipinski definition) is 4. The highest BCUT2D eigenvalue weighted by atomic mass is 32.2. The molecule has 138 valence electrons. The predicted molar refractivity (Wildman–Crippen MR) is 118 cm³/mol. The van der Waals surface area contributed by atoms with Crippen molar-refractivity contribution in [2.75, 3.05) is 5.32 Å². The SMILES string of the molecule is O=C(Nc1nc(-c2ccccc2)cs1)[C@H](Sc1ccccc1)c1ccccc1. The van der Waals surface area contributed by atoms with E-state index in [4.69, 9.17) is 0 Å². The number of anilines is 1. The molecule has 3 nitrogen and oxygen atoms in total. The van der Waals surface area contributed by atoms with E-state index in [1.807, 2.05) is 96.4 Å². The topological polar surface area (TPSA) is 42.0 Å². The lowest BCUT2D eigenvalue weighted by Crippen LogP contribution is -2.18. The summed E-state index contributed by atoms with van der Waals surface area (Å²) in [6.07, 6.45) is 0. The Morgan fingerprint density at radius 1 is 0.857 bits per heavy atom. The van der Waals surface area contributed by atoms with Crippen molar-refractivity contribution >= 4 is 34.1 Å². The van der Waals surface area contributed by atoms with Crippen molar-refractivity contribution in [2.45, 2.75) is 10.1 Å². The van der Waals surface area contributed by atoms with E-state index in [1.54, 1.807) is 0 Å². The molecule has 1 aromatic heterocycles. The molecule has 4 rings (SSSR count). The summed E-state index contributed by atoms with van der Waals surface area (Å²) < 4.78 is 0. The standard InChI is InChI=1S/C23H18N2OS2/c26-22(25-23-24-20(16-27-23)17-10-4-1-5-11-17)21(18-12-6-2-7-13-18)28-19-14-8-3-9-15-19/h1-16,21H,(H,24,25,26)/t21-/m1/s1. The molecule has 0 aliphatic carbocycles. The van der Waals surface area contributed by atoms with Crippen molar-refractivity contribution in [3.05, 3.63) is 102 Å². The quantitative estimate of drug-likeness (QED) is 0.386. The number of benzene rings is 3. The highest BCUT2D eigenvalue weighted by Crippen LogP contribution is 2.36. The number of amides is 1. The molecule has 0 spiro atoms. The minimum absolute atomic E-state index is 0.0750. The van der Waals surface area contributed by atoms with Crippen molar-refractivity contribution in [3.63, 3.8) is 0 Å². The van der Waals surface area contributed by atoms with Crippen LogP contribution in [0.25, 0.3) is 11.3 Å². The summed E-state index contributed by atoms with van der Waals surface area (Å²) in [6.45, 7) is 0. The molecule has 0 radical (unpaired) electrons. The summed E-state index contributed by atoms with van der Waals surface area (Å²) in [5.41, 5.74) is 2.87. The van der Waals surface area contributed by atoms with Crippen LogP contribution in [0.3, 0.4) is 0 Å². The van der Waals surface area contributed by atoms with Crippen LogP contribution in [0.2, 0.25) is 0 Å². The molecule has 0 saturated heterocycles. The van der Waals surface area contributed by atoms with Gasteiger partial charge in [0.25, 0.3) is 0 Å². The minimum Gasteiger partial charge on any atom is -0.301 e. The second-order valence-corrected chi connectivity index (χ2v) is 8.15. The van der Waals surface area contributed by atoms with Crippen molar-refractivity contribution in [2.24, 2.45) is 0 Å². The van der Waals surface area contributed by atoms with Gasteiger partial charge in [0.05, 0.1) is 5.69 Å². The lowest BCUT2D eigenvalue weighted by Gasteiger charge is -2.16. The molecule has 1 N–H and O–H groups in total. The van der Waals surface area contributed by atoms with Gasteiger partial charge in [-0.2, -0.15) is 0 Å². The minimum atomic E-state index is -0.354. The number of aromatic nitrogens is 1. The first-order valence-corrected chi connectivity index (χ1v) is 10.6. The van der Waals surface area contributed by atoms with Gasteiger partial charge < -0.3 is 5.32 Å². The fourth-order valence-electron chi connectivity index (χ4n) is 2.78. The molecule has 0 fully saturated rings. The van der Waals surface area contributed by atoms with Gasteiger partial charge in [0, 0.05) is 15.8 Å². The first-order valence-electron chi connectivity index (χ1n) is 8.88. The molecule has 1 heterocycles. The number of carbonyl (C=O) groups excluding carboxylic acids is 1. The average molecular weight is 403 g/mol. The molecule has 28 heavy (non-hydrogen) atoms. The highest BCUT2D eigenvalue weighted by molar-refractivity contribution is 8.00. The first-order chi connectivity index (χ1) is 13.8. The van der Waals surface area contributed by atoms with E-state index in [9.17, 15) is 4.79 Å². The lowest BCUT2D eigenvalue weighted by molar-refractivity contribution is -0.115. The summed E-state index contributed by atoms with van der Waals surface area (Å²) in [5, 5.41) is 5.22. The molecule has 0 bridgehead atoms. The number of nitrogens with zero attached hydrogens (tertiary/aromatic N) is 1. The molecule has 0 unspecified atom stereocenters. The first kappa shape index (κ1) is 18.5. The summed E-state index contributed by atoms with van der Waals surface area (Å²) in [7, 11) is 0. The van der Waals surface area contributed by atoms with Gasteiger partial charge in [0.1, 0.15) is 5.25 Å². The third-order valence-electron chi connectivity index (χ3n) is 4.14. The molecule has 0 aliphatic heterocycles. The summed E-state index contributed by atoms with van der Waals surface area (Å²) in [5.74, 6) is -0.0750. The third-order valence-corrected chi connectivity index (χ3v) is 6.17. The molecular weight excluding hydrogens is 384 g/mol. The van der Waals surface area contributed by atoms with E-state index >= 15 is 0 Å². The fourth-order valence-corrected chi connectivity index (χ4v) is 4.55. The van der Waals surface area contributed by atoms with E-state index < -0.39 is 0 Å².